The number of aromatic nitrogens is 3. The van der Waals surface area contributed by atoms with Crippen molar-refractivity contribution in [2.45, 2.75) is 53.6 Å². The second-order valence-corrected chi connectivity index (χ2v) is 10.7. The van der Waals surface area contributed by atoms with E-state index in [0.29, 0.717) is 43.2 Å². The van der Waals surface area contributed by atoms with E-state index in [0.717, 1.165) is 22.6 Å². The number of imidazole rings is 1. The smallest absolute Gasteiger partial charge is 0.322 e. The highest BCUT2D eigenvalue weighted by atomic mass is 16.5. The molecular formula is C30H38N6O2. The number of nitrogens with one attached hydrogen (secondary N) is 1. The molecule has 4 aromatic rings. The molecule has 0 aliphatic rings. The molecule has 1 atom stereocenters. The van der Waals surface area contributed by atoms with Gasteiger partial charge in [-0.15, -0.1) is 0 Å². The maximum Gasteiger partial charge on any atom is 0.322 e. The van der Waals surface area contributed by atoms with Gasteiger partial charge in [-0.25, -0.2) is 9.78 Å². The van der Waals surface area contributed by atoms with Crippen LogP contribution >= 0.6 is 0 Å². The fraction of sp³-hybridized carbons (Fsp3) is 0.367. The van der Waals surface area contributed by atoms with E-state index in [1.54, 1.807) is 6.92 Å². The molecule has 2 amide bonds. The van der Waals surface area contributed by atoms with E-state index >= 15 is 0 Å². The summed E-state index contributed by atoms with van der Waals surface area (Å²) in [5.41, 5.74) is 9.88. The third kappa shape index (κ3) is 6.14. The first-order valence-corrected chi connectivity index (χ1v) is 13.1. The number of nitrogens with two attached hydrogens (primary N) is 1. The minimum atomic E-state index is -0.337. The predicted octanol–water partition coefficient (Wildman–Crippen LogP) is 6.17. The Hall–Kier alpha value is -3.91. The zero-order valence-electron chi connectivity index (χ0n) is 22.9. The molecule has 2 aromatic heterocycles. The number of amides is 2. The van der Waals surface area contributed by atoms with Crippen molar-refractivity contribution < 1.29 is 9.32 Å². The number of carbonyl (C=O) groups is 1. The third-order valence-corrected chi connectivity index (χ3v) is 6.58. The topological polar surface area (TPSA) is 102 Å². The lowest BCUT2D eigenvalue weighted by atomic mass is 9.84. The number of carbonyl (C=O) groups excluding carboxylic acids is 1. The van der Waals surface area contributed by atoms with Gasteiger partial charge >= 0.3 is 6.03 Å². The maximum atomic E-state index is 13.9. The Morgan fingerprint density at radius 3 is 2.32 bits per heavy atom. The van der Waals surface area contributed by atoms with Gasteiger partial charge in [0.25, 0.3) is 0 Å². The molecule has 4 rings (SSSR count). The SMILES string of the molecule is Cc1noc(C)c1NC(=O)N(CCCN)C(c1nc(-c2ccccc2)cn1Cc1ccccc1)C(C)(C)C. The van der Waals surface area contributed by atoms with Crippen molar-refractivity contribution in [3.8, 4) is 11.3 Å². The summed E-state index contributed by atoms with van der Waals surface area (Å²) in [5, 5.41) is 7.05. The molecule has 0 fully saturated rings. The Morgan fingerprint density at radius 1 is 1.08 bits per heavy atom. The van der Waals surface area contributed by atoms with Crippen LogP contribution in [0.1, 0.15) is 56.1 Å². The van der Waals surface area contributed by atoms with Crippen LogP contribution < -0.4 is 11.1 Å². The van der Waals surface area contributed by atoms with Crippen molar-refractivity contribution in [1.29, 1.82) is 0 Å². The van der Waals surface area contributed by atoms with Crippen LogP contribution in [0.5, 0.6) is 0 Å². The lowest BCUT2D eigenvalue weighted by molar-refractivity contribution is 0.116. The van der Waals surface area contributed by atoms with Crippen molar-refractivity contribution in [3.63, 3.8) is 0 Å². The molecule has 0 saturated carbocycles. The van der Waals surface area contributed by atoms with E-state index < -0.39 is 0 Å². The van der Waals surface area contributed by atoms with Gasteiger partial charge in [0.1, 0.15) is 17.2 Å². The molecule has 0 bridgehead atoms. The van der Waals surface area contributed by atoms with Crippen LogP contribution in [0, 0.1) is 19.3 Å². The minimum absolute atomic E-state index is 0.233. The second kappa shape index (κ2) is 11.6. The maximum absolute atomic E-state index is 13.9. The normalized spacial score (nSPS) is 12.4. The lowest BCUT2D eigenvalue weighted by Crippen LogP contribution is -2.45. The van der Waals surface area contributed by atoms with Crippen LogP contribution in [0.2, 0.25) is 0 Å². The molecule has 3 N–H and O–H groups in total. The summed E-state index contributed by atoms with van der Waals surface area (Å²) in [6.45, 7) is 11.6. The highest BCUT2D eigenvalue weighted by Crippen LogP contribution is 2.39. The first-order chi connectivity index (χ1) is 18.2. The Labute approximate surface area is 224 Å². The highest BCUT2D eigenvalue weighted by Gasteiger charge is 2.38. The average molecular weight is 515 g/mol. The van der Waals surface area contributed by atoms with Crippen LogP contribution in [-0.2, 0) is 6.54 Å². The average Bonchev–Trinajstić information content (AvgIpc) is 3.44. The van der Waals surface area contributed by atoms with Gasteiger partial charge in [0, 0.05) is 24.8 Å². The van der Waals surface area contributed by atoms with Gasteiger partial charge in [0.05, 0.1) is 11.7 Å². The van der Waals surface area contributed by atoms with Gasteiger partial charge in [-0.1, -0.05) is 86.6 Å². The molecule has 38 heavy (non-hydrogen) atoms. The summed E-state index contributed by atoms with van der Waals surface area (Å²) in [4.78, 5) is 20.9. The molecule has 0 aliphatic heterocycles. The van der Waals surface area contributed by atoms with E-state index in [1.807, 2.05) is 48.2 Å². The van der Waals surface area contributed by atoms with E-state index in [1.165, 1.54) is 0 Å². The Balaban J connectivity index is 1.82. The van der Waals surface area contributed by atoms with Crippen LogP contribution in [0.15, 0.2) is 71.4 Å². The third-order valence-electron chi connectivity index (χ3n) is 6.58. The first-order valence-electron chi connectivity index (χ1n) is 13.1. The van der Waals surface area contributed by atoms with Crippen LogP contribution in [0.25, 0.3) is 11.3 Å². The molecule has 200 valence electrons. The summed E-state index contributed by atoms with van der Waals surface area (Å²) in [6.07, 6.45) is 2.75. The van der Waals surface area contributed by atoms with Gasteiger partial charge in [0.2, 0.25) is 0 Å². The molecule has 8 heteroatoms. The summed E-state index contributed by atoms with van der Waals surface area (Å²) in [5.74, 6) is 1.39. The molecule has 0 saturated heterocycles. The summed E-state index contributed by atoms with van der Waals surface area (Å²) in [6, 6.07) is 19.9. The first kappa shape index (κ1) is 27.1. The highest BCUT2D eigenvalue weighted by molar-refractivity contribution is 5.90. The molecule has 8 nitrogen and oxygen atoms in total. The number of nitrogens with zero attached hydrogens (tertiary/aromatic N) is 4. The predicted molar refractivity (Wildman–Crippen MR) is 151 cm³/mol. The number of benzene rings is 2. The van der Waals surface area contributed by atoms with Gasteiger partial charge in [0.15, 0.2) is 5.76 Å². The zero-order valence-corrected chi connectivity index (χ0v) is 22.9. The summed E-state index contributed by atoms with van der Waals surface area (Å²) >= 11 is 0. The van der Waals surface area contributed by atoms with Crippen molar-refractivity contribution in [2.75, 3.05) is 18.4 Å². The minimum Gasteiger partial charge on any atom is -0.359 e. The van der Waals surface area contributed by atoms with E-state index in [4.69, 9.17) is 15.2 Å². The van der Waals surface area contributed by atoms with Crippen LogP contribution in [-0.4, -0.2) is 38.7 Å². The van der Waals surface area contributed by atoms with Crippen molar-refractivity contribution >= 4 is 11.7 Å². The largest absolute Gasteiger partial charge is 0.359 e. The zero-order chi connectivity index (χ0) is 27.3. The Kier molecular flexibility index (Phi) is 8.32. The van der Waals surface area contributed by atoms with Crippen molar-refractivity contribution in [1.82, 2.24) is 19.6 Å². The number of urea groups is 1. The van der Waals surface area contributed by atoms with Gasteiger partial charge in [-0.3, -0.25) is 0 Å². The second-order valence-electron chi connectivity index (χ2n) is 10.7. The summed E-state index contributed by atoms with van der Waals surface area (Å²) < 4.78 is 7.46. The van der Waals surface area contributed by atoms with Crippen molar-refractivity contribution in [2.24, 2.45) is 11.1 Å². The van der Waals surface area contributed by atoms with E-state index in [9.17, 15) is 4.79 Å². The standard InChI is InChI=1S/C30H38N6O2/c1-21-26(22(2)38-34-21)33-29(37)36(18-12-17-31)27(30(3,4)5)28-32-25(24-15-10-7-11-16-24)20-35(28)19-23-13-8-6-9-14-23/h6-11,13-16,20,27H,12,17-19,31H2,1-5H3,(H,33,37). The molecule has 1 unspecified atom stereocenters. The van der Waals surface area contributed by atoms with Gasteiger partial charge < -0.3 is 25.0 Å². The summed E-state index contributed by atoms with van der Waals surface area (Å²) in [7, 11) is 0. The Morgan fingerprint density at radius 2 is 1.74 bits per heavy atom. The van der Waals surface area contributed by atoms with Crippen molar-refractivity contribution in [3.05, 3.63) is 89.7 Å². The van der Waals surface area contributed by atoms with Crippen LogP contribution in [0.4, 0.5) is 10.5 Å². The number of hydrogen-bond acceptors (Lipinski definition) is 5. The van der Waals surface area contributed by atoms with E-state index in [-0.39, 0.29) is 17.5 Å². The number of hydrogen-bond donors (Lipinski definition) is 2. The number of rotatable bonds is 9. The number of anilines is 1. The molecule has 0 spiro atoms. The quantitative estimate of drug-likeness (QED) is 0.278. The Bertz CT molecular complexity index is 1320. The lowest BCUT2D eigenvalue weighted by Gasteiger charge is -2.40. The molecule has 2 aromatic carbocycles. The number of aryl methyl sites for hydroxylation is 2. The fourth-order valence-corrected chi connectivity index (χ4v) is 4.75. The van der Waals surface area contributed by atoms with Gasteiger partial charge in [-0.05, 0) is 37.8 Å². The van der Waals surface area contributed by atoms with Gasteiger partial charge in [-0.2, -0.15) is 0 Å². The molecule has 2 heterocycles. The van der Waals surface area contributed by atoms with E-state index in [2.05, 4.69) is 66.3 Å². The fourth-order valence-electron chi connectivity index (χ4n) is 4.75. The molecule has 0 aliphatic carbocycles. The monoisotopic (exact) mass is 514 g/mol. The molecule has 0 radical (unpaired) electrons. The van der Waals surface area contributed by atoms with Crippen LogP contribution in [0.3, 0.4) is 0 Å². The molecular weight excluding hydrogens is 476 g/mol.